The van der Waals surface area contributed by atoms with E-state index in [1.165, 1.54) is 26.2 Å². The van der Waals surface area contributed by atoms with E-state index in [4.69, 9.17) is 0 Å². The summed E-state index contributed by atoms with van der Waals surface area (Å²) in [7, 11) is 6.75. The summed E-state index contributed by atoms with van der Waals surface area (Å²) in [5.74, 6) is 0.728. The zero-order valence-electron chi connectivity index (χ0n) is 11.9. The average Bonchev–Trinajstić information content (AvgIpc) is 2.24. The van der Waals surface area contributed by atoms with Gasteiger partial charge in [0.05, 0.1) is 0 Å². The van der Waals surface area contributed by atoms with Gasteiger partial charge in [0.1, 0.15) is 0 Å². The van der Waals surface area contributed by atoms with Gasteiger partial charge >= 0.3 is 0 Å². The van der Waals surface area contributed by atoms with Crippen molar-refractivity contribution in [2.75, 3.05) is 47.3 Å². The number of likely N-dealkylation sites (N-methyl/N-ethyl adjacent to an activating group) is 3. The van der Waals surface area contributed by atoms with E-state index in [-0.39, 0.29) is 0 Å². The third-order valence-corrected chi connectivity index (χ3v) is 3.97. The molecule has 2 atom stereocenters. The first-order chi connectivity index (χ1) is 7.41. The van der Waals surface area contributed by atoms with Crippen molar-refractivity contribution < 1.29 is 0 Å². The second kappa shape index (κ2) is 5.99. The molecule has 1 fully saturated rings. The van der Waals surface area contributed by atoms with Crippen LogP contribution in [0.3, 0.4) is 0 Å². The standard InChI is InChI=1S/C13H29N3/c1-11(2)13-10-14(4)9-12(3)15(5)7-8-16(13)6/h11-13H,7-10H2,1-6H3/t12-,13+/m0/s1. The Morgan fingerprint density at radius 3 is 2.06 bits per heavy atom. The van der Waals surface area contributed by atoms with Gasteiger partial charge in [0.25, 0.3) is 0 Å². The Labute approximate surface area is 101 Å². The Kier molecular flexibility index (Phi) is 5.22. The van der Waals surface area contributed by atoms with Crippen molar-refractivity contribution in [3.63, 3.8) is 0 Å². The fraction of sp³-hybridized carbons (Fsp3) is 1.00. The van der Waals surface area contributed by atoms with Gasteiger partial charge in [-0.05, 0) is 34.0 Å². The van der Waals surface area contributed by atoms with Crippen LogP contribution in [0.1, 0.15) is 20.8 Å². The smallest absolute Gasteiger partial charge is 0.0243 e. The van der Waals surface area contributed by atoms with Crippen LogP contribution >= 0.6 is 0 Å². The normalized spacial score (nSPS) is 32.4. The van der Waals surface area contributed by atoms with E-state index in [9.17, 15) is 0 Å². The molecule has 1 saturated heterocycles. The zero-order chi connectivity index (χ0) is 12.3. The SMILES string of the molecule is CC(C)[C@H]1CN(C)C[C@H](C)N(C)CCN1C. The van der Waals surface area contributed by atoms with Gasteiger partial charge in [0, 0.05) is 38.3 Å². The lowest BCUT2D eigenvalue weighted by atomic mass is 10.0. The van der Waals surface area contributed by atoms with Gasteiger partial charge in [-0.15, -0.1) is 0 Å². The summed E-state index contributed by atoms with van der Waals surface area (Å²) in [6, 6.07) is 1.34. The second-order valence-corrected chi connectivity index (χ2v) is 5.84. The first-order valence-electron chi connectivity index (χ1n) is 6.50. The summed E-state index contributed by atoms with van der Waals surface area (Å²) in [5.41, 5.74) is 0. The van der Waals surface area contributed by atoms with E-state index >= 15 is 0 Å². The van der Waals surface area contributed by atoms with Crippen molar-refractivity contribution in [3.8, 4) is 0 Å². The second-order valence-electron chi connectivity index (χ2n) is 5.84. The summed E-state index contributed by atoms with van der Waals surface area (Å²) in [6.07, 6.45) is 0. The molecule has 0 aromatic rings. The van der Waals surface area contributed by atoms with Crippen molar-refractivity contribution in [2.24, 2.45) is 5.92 Å². The van der Waals surface area contributed by atoms with Crippen LogP contribution in [0, 0.1) is 5.92 Å². The first kappa shape index (κ1) is 13.9. The summed E-state index contributed by atoms with van der Waals surface area (Å²) in [6.45, 7) is 11.7. The molecule has 16 heavy (non-hydrogen) atoms. The molecule has 0 saturated carbocycles. The van der Waals surface area contributed by atoms with Gasteiger partial charge in [-0.2, -0.15) is 0 Å². The van der Waals surface area contributed by atoms with E-state index in [0.717, 1.165) is 5.92 Å². The van der Waals surface area contributed by atoms with Crippen LogP contribution in [0.4, 0.5) is 0 Å². The first-order valence-corrected chi connectivity index (χ1v) is 6.50. The molecule has 0 N–H and O–H groups in total. The minimum Gasteiger partial charge on any atom is -0.303 e. The topological polar surface area (TPSA) is 9.72 Å². The maximum atomic E-state index is 2.52. The molecule has 0 spiro atoms. The molecule has 0 aliphatic carbocycles. The minimum atomic E-state index is 0.657. The molecule has 3 nitrogen and oxygen atoms in total. The zero-order valence-corrected chi connectivity index (χ0v) is 11.9. The molecule has 0 aromatic carbocycles. The van der Waals surface area contributed by atoms with Crippen molar-refractivity contribution in [1.29, 1.82) is 0 Å². The van der Waals surface area contributed by atoms with Crippen LogP contribution in [0.5, 0.6) is 0 Å². The summed E-state index contributed by atoms with van der Waals surface area (Å²) in [5, 5.41) is 0. The van der Waals surface area contributed by atoms with Crippen LogP contribution < -0.4 is 0 Å². The monoisotopic (exact) mass is 227 g/mol. The maximum Gasteiger partial charge on any atom is 0.0243 e. The molecule has 0 aromatic heterocycles. The predicted octanol–water partition coefficient (Wildman–Crippen LogP) is 1.21. The van der Waals surface area contributed by atoms with Crippen molar-refractivity contribution in [2.45, 2.75) is 32.9 Å². The molecule has 0 amide bonds. The number of nitrogens with zero attached hydrogens (tertiary/aromatic N) is 3. The molecular weight excluding hydrogens is 198 g/mol. The summed E-state index contributed by atoms with van der Waals surface area (Å²) in [4.78, 5) is 7.47. The fourth-order valence-electron chi connectivity index (χ4n) is 2.55. The third kappa shape index (κ3) is 3.72. The molecule has 1 rings (SSSR count). The molecule has 0 radical (unpaired) electrons. The maximum absolute atomic E-state index is 2.52. The van der Waals surface area contributed by atoms with E-state index < -0.39 is 0 Å². The Hall–Kier alpha value is -0.120. The lowest BCUT2D eigenvalue weighted by Crippen LogP contribution is -2.44. The van der Waals surface area contributed by atoms with Crippen LogP contribution in [-0.4, -0.2) is 74.1 Å². The third-order valence-electron chi connectivity index (χ3n) is 3.97. The van der Waals surface area contributed by atoms with Crippen LogP contribution in [0.15, 0.2) is 0 Å². The van der Waals surface area contributed by atoms with Gasteiger partial charge in [0.15, 0.2) is 0 Å². The quantitative estimate of drug-likeness (QED) is 0.667. The fourth-order valence-corrected chi connectivity index (χ4v) is 2.55. The molecule has 0 unspecified atom stereocenters. The van der Waals surface area contributed by atoms with E-state index in [0.29, 0.717) is 12.1 Å². The Morgan fingerprint density at radius 2 is 1.50 bits per heavy atom. The van der Waals surface area contributed by atoms with E-state index in [2.05, 4.69) is 56.6 Å². The molecule has 1 aliphatic heterocycles. The van der Waals surface area contributed by atoms with Crippen molar-refractivity contribution >= 4 is 0 Å². The highest BCUT2D eigenvalue weighted by Crippen LogP contribution is 2.13. The van der Waals surface area contributed by atoms with Crippen molar-refractivity contribution in [1.82, 2.24) is 14.7 Å². The van der Waals surface area contributed by atoms with Gasteiger partial charge in [-0.25, -0.2) is 0 Å². The predicted molar refractivity (Wildman–Crippen MR) is 70.8 cm³/mol. The van der Waals surface area contributed by atoms with Gasteiger partial charge in [-0.1, -0.05) is 13.8 Å². The van der Waals surface area contributed by atoms with Crippen molar-refractivity contribution in [3.05, 3.63) is 0 Å². The summed E-state index contributed by atoms with van der Waals surface area (Å²) < 4.78 is 0. The molecule has 0 bridgehead atoms. The Balaban J connectivity index is 2.70. The Bertz CT molecular complexity index is 205. The molecule has 96 valence electrons. The van der Waals surface area contributed by atoms with Crippen LogP contribution in [0.25, 0.3) is 0 Å². The van der Waals surface area contributed by atoms with Gasteiger partial charge in [0.2, 0.25) is 0 Å². The van der Waals surface area contributed by atoms with E-state index in [1.807, 2.05) is 0 Å². The molecule has 1 heterocycles. The largest absolute Gasteiger partial charge is 0.303 e. The van der Waals surface area contributed by atoms with Gasteiger partial charge < -0.3 is 14.7 Å². The lowest BCUT2D eigenvalue weighted by Gasteiger charge is -2.33. The highest BCUT2D eigenvalue weighted by Gasteiger charge is 2.24. The average molecular weight is 227 g/mol. The van der Waals surface area contributed by atoms with Crippen LogP contribution in [0.2, 0.25) is 0 Å². The molecule has 1 aliphatic rings. The Morgan fingerprint density at radius 1 is 0.938 bits per heavy atom. The highest BCUT2D eigenvalue weighted by molar-refractivity contribution is 4.80. The highest BCUT2D eigenvalue weighted by atomic mass is 15.3. The number of rotatable bonds is 1. The summed E-state index contributed by atoms with van der Waals surface area (Å²) >= 11 is 0. The van der Waals surface area contributed by atoms with Gasteiger partial charge in [-0.3, -0.25) is 0 Å². The number of hydrogen-bond donors (Lipinski definition) is 0. The van der Waals surface area contributed by atoms with E-state index in [1.54, 1.807) is 0 Å². The molecular formula is C13H29N3. The molecule has 3 heteroatoms. The lowest BCUT2D eigenvalue weighted by molar-refractivity contribution is 0.151. The number of hydrogen-bond acceptors (Lipinski definition) is 3. The van der Waals surface area contributed by atoms with Crippen LogP contribution in [-0.2, 0) is 0 Å². The minimum absolute atomic E-state index is 0.657.